The van der Waals surface area contributed by atoms with Gasteiger partial charge in [0.15, 0.2) is 0 Å². The fourth-order valence-corrected chi connectivity index (χ4v) is 1.81. The highest BCUT2D eigenvalue weighted by molar-refractivity contribution is 5.47. The number of nitrogens with one attached hydrogen (secondary N) is 1. The molecule has 0 amide bonds. The van der Waals surface area contributed by atoms with Gasteiger partial charge in [-0.05, 0) is 31.7 Å². The number of nitrogens with zero attached hydrogens (tertiary/aromatic N) is 1. The molecule has 1 aromatic rings. The van der Waals surface area contributed by atoms with E-state index in [1.54, 1.807) is 0 Å². The number of benzene rings is 1. The van der Waals surface area contributed by atoms with Crippen molar-refractivity contribution in [2.24, 2.45) is 0 Å². The predicted molar refractivity (Wildman–Crippen MR) is 70.3 cm³/mol. The van der Waals surface area contributed by atoms with E-state index in [0.29, 0.717) is 13.1 Å². The Labute approximate surface area is 103 Å². The zero-order valence-electron chi connectivity index (χ0n) is 10.6. The van der Waals surface area contributed by atoms with Gasteiger partial charge < -0.3 is 20.4 Å². The van der Waals surface area contributed by atoms with Crippen molar-refractivity contribution in [3.05, 3.63) is 29.8 Å². The van der Waals surface area contributed by atoms with E-state index < -0.39 is 6.10 Å². The van der Waals surface area contributed by atoms with Gasteiger partial charge >= 0.3 is 0 Å². The second-order valence-electron chi connectivity index (χ2n) is 3.97. The minimum Gasteiger partial charge on any atom is -0.395 e. The molecule has 0 aliphatic carbocycles. The third-order valence-electron chi connectivity index (χ3n) is 2.79. The number of likely N-dealkylation sites (N-methyl/N-ethyl adjacent to an activating group) is 2. The van der Waals surface area contributed by atoms with Crippen LogP contribution in [0.3, 0.4) is 0 Å². The van der Waals surface area contributed by atoms with Crippen LogP contribution in [0.5, 0.6) is 0 Å². The number of aliphatic hydroxyl groups excluding tert-OH is 2. The van der Waals surface area contributed by atoms with Crippen molar-refractivity contribution < 1.29 is 10.2 Å². The highest BCUT2D eigenvalue weighted by Gasteiger charge is 2.07. The van der Waals surface area contributed by atoms with Crippen molar-refractivity contribution in [1.29, 1.82) is 0 Å². The van der Waals surface area contributed by atoms with Crippen LogP contribution in [0.15, 0.2) is 24.3 Å². The lowest BCUT2D eigenvalue weighted by molar-refractivity contribution is 0.178. The Balaban J connectivity index is 2.72. The molecule has 1 atom stereocenters. The summed E-state index contributed by atoms with van der Waals surface area (Å²) in [5.74, 6) is 0. The molecule has 0 bridgehead atoms. The number of hydrogen-bond donors (Lipinski definition) is 3. The lowest BCUT2D eigenvalue weighted by Crippen LogP contribution is -2.26. The monoisotopic (exact) mass is 238 g/mol. The van der Waals surface area contributed by atoms with Gasteiger partial charge in [-0.15, -0.1) is 0 Å². The van der Waals surface area contributed by atoms with Crippen LogP contribution in [0.1, 0.15) is 18.6 Å². The number of hydrogen-bond acceptors (Lipinski definition) is 4. The second-order valence-corrected chi connectivity index (χ2v) is 3.97. The number of rotatable bonds is 7. The average Bonchev–Trinajstić information content (AvgIpc) is 2.36. The summed E-state index contributed by atoms with van der Waals surface area (Å²) in [6, 6.07) is 7.81. The zero-order valence-corrected chi connectivity index (χ0v) is 10.6. The normalized spacial score (nSPS) is 12.5. The highest BCUT2D eigenvalue weighted by atomic mass is 16.3. The van der Waals surface area contributed by atoms with Crippen LogP contribution in [0, 0.1) is 0 Å². The molecule has 0 spiro atoms. The molecule has 3 N–H and O–H groups in total. The lowest BCUT2D eigenvalue weighted by atomic mass is 10.1. The molecular formula is C13H22N2O2. The Hall–Kier alpha value is -1.10. The van der Waals surface area contributed by atoms with Gasteiger partial charge in [0.2, 0.25) is 0 Å². The summed E-state index contributed by atoms with van der Waals surface area (Å²) in [7, 11) is 1.82. The molecule has 1 aromatic carbocycles. The Morgan fingerprint density at radius 1 is 1.29 bits per heavy atom. The van der Waals surface area contributed by atoms with Crippen LogP contribution in [0.4, 0.5) is 5.69 Å². The third kappa shape index (κ3) is 4.00. The van der Waals surface area contributed by atoms with Crippen molar-refractivity contribution in [2.45, 2.75) is 13.0 Å². The highest BCUT2D eigenvalue weighted by Crippen LogP contribution is 2.18. The van der Waals surface area contributed by atoms with E-state index in [-0.39, 0.29) is 6.61 Å². The Kier molecular flexibility index (Phi) is 5.97. The smallest absolute Gasteiger partial charge is 0.0914 e. The molecule has 17 heavy (non-hydrogen) atoms. The van der Waals surface area contributed by atoms with E-state index in [1.807, 2.05) is 31.3 Å². The van der Waals surface area contributed by atoms with Gasteiger partial charge in [-0.25, -0.2) is 0 Å². The fraction of sp³-hybridized carbons (Fsp3) is 0.538. The number of anilines is 1. The molecule has 0 aliphatic rings. The van der Waals surface area contributed by atoms with Crippen molar-refractivity contribution in [3.63, 3.8) is 0 Å². The molecule has 4 nitrogen and oxygen atoms in total. The topological polar surface area (TPSA) is 55.7 Å². The van der Waals surface area contributed by atoms with Crippen LogP contribution in [-0.2, 0) is 0 Å². The SMILES string of the molecule is CCN(CCO)c1ccc(C(O)CNC)cc1. The van der Waals surface area contributed by atoms with E-state index in [0.717, 1.165) is 17.8 Å². The summed E-state index contributed by atoms with van der Waals surface area (Å²) in [4.78, 5) is 2.09. The maximum Gasteiger partial charge on any atom is 0.0914 e. The molecule has 0 saturated carbocycles. The van der Waals surface area contributed by atoms with Crippen LogP contribution in [0.25, 0.3) is 0 Å². The molecule has 1 unspecified atom stereocenters. The zero-order chi connectivity index (χ0) is 12.7. The molecular weight excluding hydrogens is 216 g/mol. The largest absolute Gasteiger partial charge is 0.395 e. The molecule has 1 rings (SSSR count). The molecule has 0 fully saturated rings. The molecule has 0 saturated heterocycles. The average molecular weight is 238 g/mol. The first-order chi connectivity index (χ1) is 8.22. The van der Waals surface area contributed by atoms with Gasteiger partial charge in [-0.2, -0.15) is 0 Å². The predicted octanol–water partition coefficient (Wildman–Crippen LogP) is 0.758. The summed E-state index contributed by atoms with van der Waals surface area (Å²) in [6.45, 7) is 4.25. The molecule has 0 heterocycles. The van der Waals surface area contributed by atoms with Gasteiger partial charge in [0.25, 0.3) is 0 Å². The van der Waals surface area contributed by atoms with Crippen molar-refractivity contribution in [2.75, 3.05) is 38.2 Å². The number of aliphatic hydroxyl groups is 2. The Bertz CT molecular complexity index is 314. The van der Waals surface area contributed by atoms with Crippen LogP contribution in [-0.4, -0.2) is 43.5 Å². The second kappa shape index (κ2) is 7.27. The van der Waals surface area contributed by atoms with Crippen molar-refractivity contribution in [3.8, 4) is 0 Å². The Morgan fingerprint density at radius 3 is 2.41 bits per heavy atom. The summed E-state index contributed by atoms with van der Waals surface area (Å²) >= 11 is 0. The third-order valence-corrected chi connectivity index (χ3v) is 2.79. The van der Waals surface area contributed by atoms with E-state index in [4.69, 9.17) is 5.11 Å². The van der Waals surface area contributed by atoms with Crippen molar-refractivity contribution in [1.82, 2.24) is 5.32 Å². The summed E-state index contributed by atoms with van der Waals surface area (Å²) in [6.07, 6.45) is -0.470. The van der Waals surface area contributed by atoms with Gasteiger partial charge in [0.1, 0.15) is 0 Å². The minimum absolute atomic E-state index is 0.151. The van der Waals surface area contributed by atoms with E-state index >= 15 is 0 Å². The van der Waals surface area contributed by atoms with Crippen molar-refractivity contribution >= 4 is 5.69 Å². The maximum absolute atomic E-state index is 9.79. The van der Waals surface area contributed by atoms with E-state index in [1.165, 1.54) is 0 Å². The standard InChI is InChI=1S/C13H22N2O2/c1-3-15(8-9-16)12-6-4-11(5-7-12)13(17)10-14-2/h4-7,13-14,16-17H,3,8-10H2,1-2H3. The molecule has 4 heteroatoms. The fourth-order valence-electron chi connectivity index (χ4n) is 1.81. The molecule has 0 aromatic heterocycles. The van der Waals surface area contributed by atoms with Crippen LogP contribution < -0.4 is 10.2 Å². The van der Waals surface area contributed by atoms with Crippen LogP contribution >= 0.6 is 0 Å². The lowest BCUT2D eigenvalue weighted by Gasteiger charge is -2.22. The first-order valence-electron chi connectivity index (χ1n) is 6.01. The first kappa shape index (κ1) is 14.0. The summed E-state index contributed by atoms with van der Waals surface area (Å²) in [5.41, 5.74) is 1.98. The first-order valence-corrected chi connectivity index (χ1v) is 6.01. The van der Waals surface area contributed by atoms with E-state index in [2.05, 4.69) is 17.1 Å². The Morgan fingerprint density at radius 2 is 1.94 bits per heavy atom. The maximum atomic E-state index is 9.79. The molecule has 0 radical (unpaired) electrons. The molecule has 0 aliphatic heterocycles. The van der Waals surface area contributed by atoms with Crippen LogP contribution in [0.2, 0.25) is 0 Å². The quantitative estimate of drug-likeness (QED) is 0.656. The van der Waals surface area contributed by atoms with Gasteiger partial charge in [-0.3, -0.25) is 0 Å². The van der Waals surface area contributed by atoms with Gasteiger partial charge in [0.05, 0.1) is 12.7 Å². The summed E-state index contributed by atoms with van der Waals surface area (Å²) < 4.78 is 0. The molecule has 96 valence electrons. The van der Waals surface area contributed by atoms with Gasteiger partial charge in [0, 0.05) is 25.3 Å². The van der Waals surface area contributed by atoms with E-state index in [9.17, 15) is 5.11 Å². The van der Waals surface area contributed by atoms with Gasteiger partial charge in [-0.1, -0.05) is 12.1 Å². The minimum atomic E-state index is -0.470. The summed E-state index contributed by atoms with van der Waals surface area (Å²) in [5, 5.41) is 21.7.